The minimum atomic E-state index is 0.275. The van der Waals surface area contributed by atoms with Gasteiger partial charge in [0, 0.05) is 12.5 Å². The van der Waals surface area contributed by atoms with Gasteiger partial charge in [-0.2, -0.15) is 0 Å². The van der Waals surface area contributed by atoms with Gasteiger partial charge in [0.25, 0.3) is 0 Å². The van der Waals surface area contributed by atoms with Gasteiger partial charge in [0.1, 0.15) is 0 Å². The van der Waals surface area contributed by atoms with Crippen molar-refractivity contribution >= 4 is 5.91 Å². The third kappa shape index (κ3) is 1.70. The number of amides is 1. The molecule has 13 heavy (non-hydrogen) atoms. The Morgan fingerprint density at radius 3 is 2.54 bits per heavy atom. The molecule has 1 heterocycles. The van der Waals surface area contributed by atoms with Crippen molar-refractivity contribution in [1.29, 1.82) is 0 Å². The van der Waals surface area contributed by atoms with Gasteiger partial charge < -0.3 is 10.6 Å². The number of rotatable bonds is 2. The topological polar surface area (TPSA) is 41.1 Å². The van der Waals surface area contributed by atoms with Crippen molar-refractivity contribution in [2.45, 2.75) is 19.8 Å². The number of nitrogens with one attached hydrogen (secondary N) is 2. The van der Waals surface area contributed by atoms with Gasteiger partial charge in [-0.05, 0) is 44.7 Å². The largest absolute Gasteiger partial charge is 0.356 e. The molecule has 1 saturated heterocycles. The van der Waals surface area contributed by atoms with E-state index >= 15 is 0 Å². The molecule has 0 spiro atoms. The van der Waals surface area contributed by atoms with Gasteiger partial charge in [0.2, 0.25) is 5.91 Å². The van der Waals surface area contributed by atoms with E-state index in [1.165, 1.54) is 0 Å². The van der Waals surface area contributed by atoms with E-state index < -0.39 is 0 Å². The van der Waals surface area contributed by atoms with E-state index in [4.69, 9.17) is 0 Å². The predicted molar refractivity (Wildman–Crippen MR) is 51.3 cm³/mol. The van der Waals surface area contributed by atoms with Crippen LogP contribution >= 0.6 is 0 Å². The average Bonchev–Trinajstić information content (AvgIpc) is 2.61. The lowest BCUT2D eigenvalue weighted by molar-refractivity contribution is -0.124. The fourth-order valence-electron chi connectivity index (χ4n) is 2.70. The van der Waals surface area contributed by atoms with Gasteiger partial charge in [-0.25, -0.2) is 0 Å². The van der Waals surface area contributed by atoms with E-state index in [1.54, 1.807) is 0 Å². The van der Waals surface area contributed by atoms with Crippen LogP contribution in [0.2, 0.25) is 0 Å². The highest BCUT2D eigenvalue weighted by atomic mass is 16.1. The van der Waals surface area contributed by atoms with Crippen LogP contribution in [-0.2, 0) is 4.79 Å². The molecule has 1 aliphatic heterocycles. The highest BCUT2D eigenvalue weighted by Crippen LogP contribution is 2.38. The first-order valence-electron chi connectivity index (χ1n) is 5.29. The van der Waals surface area contributed by atoms with Gasteiger partial charge in [-0.1, -0.05) is 0 Å². The van der Waals surface area contributed by atoms with Crippen molar-refractivity contribution in [1.82, 2.24) is 10.6 Å². The highest BCUT2D eigenvalue weighted by Gasteiger charge is 2.39. The van der Waals surface area contributed by atoms with Gasteiger partial charge in [0.05, 0.1) is 0 Å². The summed E-state index contributed by atoms with van der Waals surface area (Å²) in [4.78, 5) is 11.5. The molecule has 2 rings (SSSR count). The lowest BCUT2D eigenvalue weighted by Gasteiger charge is -2.10. The van der Waals surface area contributed by atoms with Gasteiger partial charge in [-0.15, -0.1) is 0 Å². The summed E-state index contributed by atoms with van der Waals surface area (Å²) in [5.74, 6) is 2.12. The van der Waals surface area contributed by atoms with Crippen LogP contribution in [0.3, 0.4) is 0 Å². The zero-order chi connectivity index (χ0) is 9.26. The lowest BCUT2D eigenvalue weighted by atomic mass is 10.0. The second-order valence-corrected chi connectivity index (χ2v) is 4.24. The molecule has 74 valence electrons. The van der Waals surface area contributed by atoms with Crippen LogP contribution in [0.5, 0.6) is 0 Å². The molecule has 0 aromatic rings. The second kappa shape index (κ2) is 3.66. The maximum absolute atomic E-state index is 11.5. The minimum absolute atomic E-state index is 0.275. The van der Waals surface area contributed by atoms with E-state index in [2.05, 4.69) is 10.6 Å². The SMILES string of the molecule is CCNC(=O)C1CC2CNCC2C1. The third-order valence-corrected chi connectivity index (χ3v) is 3.38. The molecule has 2 fully saturated rings. The van der Waals surface area contributed by atoms with Crippen LogP contribution in [0.4, 0.5) is 0 Å². The smallest absolute Gasteiger partial charge is 0.223 e. The van der Waals surface area contributed by atoms with Gasteiger partial charge in [0.15, 0.2) is 0 Å². The van der Waals surface area contributed by atoms with Crippen LogP contribution in [0.15, 0.2) is 0 Å². The third-order valence-electron chi connectivity index (χ3n) is 3.38. The summed E-state index contributed by atoms with van der Waals surface area (Å²) in [6.07, 6.45) is 2.20. The molecule has 1 saturated carbocycles. The van der Waals surface area contributed by atoms with Crippen molar-refractivity contribution < 1.29 is 4.79 Å². The average molecular weight is 182 g/mol. The van der Waals surface area contributed by atoms with Crippen LogP contribution in [0.1, 0.15) is 19.8 Å². The number of hydrogen-bond donors (Lipinski definition) is 2. The molecule has 0 radical (unpaired) electrons. The summed E-state index contributed by atoms with van der Waals surface area (Å²) < 4.78 is 0. The van der Waals surface area contributed by atoms with Crippen LogP contribution in [0, 0.1) is 17.8 Å². The zero-order valence-corrected chi connectivity index (χ0v) is 8.18. The van der Waals surface area contributed by atoms with E-state index in [-0.39, 0.29) is 5.91 Å². The Morgan fingerprint density at radius 1 is 1.38 bits per heavy atom. The Hall–Kier alpha value is -0.570. The van der Waals surface area contributed by atoms with Gasteiger partial charge in [-0.3, -0.25) is 4.79 Å². The van der Waals surface area contributed by atoms with Crippen LogP contribution < -0.4 is 10.6 Å². The first-order chi connectivity index (χ1) is 6.31. The Kier molecular flexibility index (Phi) is 2.54. The van der Waals surface area contributed by atoms with Crippen molar-refractivity contribution in [3.63, 3.8) is 0 Å². The summed E-state index contributed by atoms with van der Waals surface area (Å²) >= 11 is 0. The molecule has 2 aliphatic rings. The van der Waals surface area contributed by atoms with Crippen LogP contribution in [0.25, 0.3) is 0 Å². The quantitative estimate of drug-likeness (QED) is 0.648. The summed E-state index contributed by atoms with van der Waals surface area (Å²) in [6, 6.07) is 0. The summed E-state index contributed by atoms with van der Waals surface area (Å²) in [5.41, 5.74) is 0. The number of hydrogen-bond acceptors (Lipinski definition) is 2. The molecular formula is C10H18N2O. The normalized spacial score (nSPS) is 37.5. The standard InChI is InChI=1S/C10H18N2O/c1-2-12-10(13)7-3-8-5-11-6-9(8)4-7/h7-9,11H,2-6H2,1H3,(H,12,13). The molecule has 3 nitrogen and oxygen atoms in total. The Labute approximate surface area is 79.3 Å². The Morgan fingerprint density at radius 2 is 2.00 bits per heavy atom. The van der Waals surface area contributed by atoms with Crippen molar-refractivity contribution in [3.8, 4) is 0 Å². The van der Waals surface area contributed by atoms with Crippen molar-refractivity contribution in [2.75, 3.05) is 19.6 Å². The molecule has 2 N–H and O–H groups in total. The maximum atomic E-state index is 11.5. The Balaban J connectivity index is 1.87. The number of carbonyl (C=O) groups excluding carboxylic acids is 1. The summed E-state index contributed by atoms with van der Waals surface area (Å²) in [7, 11) is 0. The summed E-state index contributed by atoms with van der Waals surface area (Å²) in [6.45, 7) is 5.00. The first-order valence-corrected chi connectivity index (χ1v) is 5.29. The molecule has 0 aromatic carbocycles. The van der Waals surface area contributed by atoms with Crippen LogP contribution in [-0.4, -0.2) is 25.5 Å². The Bertz CT molecular complexity index is 193. The highest BCUT2D eigenvalue weighted by molar-refractivity contribution is 5.78. The molecule has 2 atom stereocenters. The van der Waals surface area contributed by atoms with E-state index in [1.807, 2.05) is 6.92 Å². The number of fused-ring (bicyclic) bond motifs is 1. The fourth-order valence-corrected chi connectivity index (χ4v) is 2.70. The molecule has 1 amide bonds. The minimum Gasteiger partial charge on any atom is -0.356 e. The van der Waals surface area contributed by atoms with E-state index in [9.17, 15) is 4.79 Å². The molecule has 2 unspecified atom stereocenters. The van der Waals surface area contributed by atoms with E-state index in [0.717, 1.165) is 44.3 Å². The predicted octanol–water partition coefficient (Wildman–Crippen LogP) is 0.368. The van der Waals surface area contributed by atoms with Crippen molar-refractivity contribution in [3.05, 3.63) is 0 Å². The lowest BCUT2D eigenvalue weighted by Crippen LogP contribution is -2.30. The molecule has 0 aromatic heterocycles. The monoisotopic (exact) mass is 182 g/mol. The maximum Gasteiger partial charge on any atom is 0.223 e. The molecule has 3 heteroatoms. The molecule has 1 aliphatic carbocycles. The first kappa shape index (κ1) is 9.00. The zero-order valence-electron chi connectivity index (χ0n) is 8.18. The molecular weight excluding hydrogens is 164 g/mol. The molecule has 0 bridgehead atoms. The van der Waals surface area contributed by atoms with Crippen molar-refractivity contribution in [2.24, 2.45) is 17.8 Å². The van der Waals surface area contributed by atoms with E-state index in [0.29, 0.717) is 5.92 Å². The fraction of sp³-hybridized carbons (Fsp3) is 0.900. The second-order valence-electron chi connectivity index (χ2n) is 4.24. The number of carbonyl (C=O) groups is 1. The summed E-state index contributed by atoms with van der Waals surface area (Å²) in [5, 5.41) is 6.30. The van der Waals surface area contributed by atoms with Gasteiger partial charge >= 0.3 is 0 Å².